The van der Waals surface area contributed by atoms with E-state index in [0.717, 1.165) is 28.9 Å². The molecule has 0 spiro atoms. The Hall–Kier alpha value is -4.19. The van der Waals surface area contributed by atoms with Crippen LogP contribution < -0.4 is 10.6 Å². The van der Waals surface area contributed by atoms with Gasteiger partial charge in [-0.1, -0.05) is 60.7 Å². The van der Waals surface area contributed by atoms with E-state index in [9.17, 15) is 9.59 Å². The van der Waals surface area contributed by atoms with Crippen LogP contribution in [0.4, 0.5) is 5.69 Å². The summed E-state index contributed by atoms with van der Waals surface area (Å²) in [5.41, 5.74) is 5.20. The number of hydrogen-bond acceptors (Lipinski definition) is 3. The number of nitrogens with zero attached hydrogens (tertiary/aromatic N) is 2. The smallest absolute Gasteiger partial charge is 0.259 e. The first kappa shape index (κ1) is 22.0. The van der Waals surface area contributed by atoms with Gasteiger partial charge in [0.05, 0.1) is 34.4 Å². The molecule has 2 amide bonds. The summed E-state index contributed by atoms with van der Waals surface area (Å²) in [6, 6.07) is 24.9. The zero-order chi connectivity index (χ0) is 23.2. The molecule has 6 nitrogen and oxygen atoms in total. The quantitative estimate of drug-likeness (QED) is 0.439. The van der Waals surface area contributed by atoms with Gasteiger partial charge >= 0.3 is 0 Å². The lowest BCUT2D eigenvalue weighted by atomic mass is 10.1. The molecule has 0 aliphatic heterocycles. The molecule has 4 rings (SSSR count). The van der Waals surface area contributed by atoms with Crippen molar-refractivity contribution in [2.24, 2.45) is 0 Å². The Balaban J connectivity index is 1.47. The number of aryl methyl sites for hydroxylation is 1. The van der Waals surface area contributed by atoms with E-state index >= 15 is 0 Å². The number of amides is 2. The highest BCUT2D eigenvalue weighted by Gasteiger charge is 2.18. The molecule has 0 bridgehead atoms. The Kier molecular flexibility index (Phi) is 6.64. The summed E-state index contributed by atoms with van der Waals surface area (Å²) in [6.45, 7) is 4.37. The highest BCUT2D eigenvalue weighted by atomic mass is 16.2. The first-order valence-electron chi connectivity index (χ1n) is 10.9. The Morgan fingerprint density at radius 2 is 1.52 bits per heavy atom. The fraction of sp³-hybridized carbons (Fsp3) is 0.148. The van der Waals surface area contributed by atoms with Crippen molar-refractivity contribution >= 4 is 17.5 Å². The number of aromatic nitrogens is 2. The van der Waals surface area contributed by atoms with Gasteiger partial charge in [0.15, 0.2) is 0 Å². The first-order chi connectivity index (χ1) is 16.0. The lowest BCUT2D eigenvalue weighted by Crippen LogP contribution is -2.27. The Bertz CT molecular complexity index is 1280. The number of nitrogens with one attached hydrogen (secondary N) is 2. The molecule has 0 unspecified atom stereocenters. The van der Waals surface area contributed by atoms with Crippen molar-refractivity contribution in [3.05, 3.63) is 113 Å². The minimum absolute atomic E-state index is 0.228. The second kappa shape index (κ2) is 9.96. The molecule has 1 aromatic heterocycles. The van der Waals surface area contributed by atoms with E-state index in [1.807, 2.05) is 68.4 Å². The van der Waals surface area contributed by atoms with Gasteiger partial charge in [-0.2, -0.15) is 5.10 Å². The molecule has 0 atom stereocenters. The molecule has 0 saturated carbocycles. The highest BCUT2D eigenvalue weighted by molar-refractivity contribution is 6.09. The third-order valence-electron chi connectivity index (χ3n) is 5.56. The second-order valence-electron chi connectivity index (χ2n) is 7.83. The van der Waals surface area contributed by atoms with E-state index in [1.54, 1.807) is 35.1 Å². The normalized spacial score (nSPS) is 10.6. The van der Waals surface area contributed by atoms with E-state index in [0.29, 0.717) is 23.4 Å². The Labute approximate surface area is 193 Å². The molecule has 166 valence electrons. The van der Waals surface area contributed by atoms with Gasteiger partial charge in [-0.05, 0) is 49.6 Å². The van der Waals surface area contributed by atoms with E-state index in [2.05, 4.69) is 15.7 Å². The van der Waals surface area contributed by atoms with E-state index < -0.39 is 0 Å². The fourth-order valence-corrected chi connectivity index (χ4v) is 3.72. The van der Waals surface area contributed by atoms with Gasteiger partial charge in [-0.25, -0.2) is 4.68 Å². The van der Waals surface area contributed by atoms with E-state index in [1.165, 1.54) is 0 Å². The summed E-state index contributed by atoms with van der Waals surface area (Å²) in [7, 11) is 0. The average molecular weight is 439 g/mol. The van der Waals surface area contributed by atoms with Gasteiger partial charge in [-0.3, -0.25) is 9.59 Å². The van der Waals surface area contributed by atoms with Crippen LogP contribution in [-0.4, -0.2) is 28.1 Å². The summed E-state index contributed by atoms with van der Waals surface area (Å²) < 4.78 is 1.76. The number of benzene rings is 3. The van der Waals surface area contributed by atoms with Crippen molar-refractivity contribution in [1.29, 1.82) is 0 Å². The fourth-order valence-electron chi connectivity index (χ4n) is 3.72. The van der Waals surface area contributed by atoms with Crippen LogP contribution in [-0.2, 0) is 6.42 Å². The van der Waals surface area contributed by atoms with Crippen LogP contribution in [0.2, 0.25) is 0 Å². The van der Waals surface area contributed by atoms with Crippen LogP contribution in [0, 0.1) is 13.8 Å². The Morgan fingerprint density at radius 3 is 2.30 bits per heavy atom. The topological polar surface area (TPSA) is 76.0 Å². The van der Waals surface area contributed by atoms with Crippen LogP contribution in [0.3, 0.4) is 0 Å². The third kappa shape index (κ3) is 5.01. The molecule has 6 heteroatoms. The number of rotatable bonds is 7. The minimum Gasteiger partial charge on any atom is -0.352 e. The number of para-hydroxylation sites is 2. The van der Waals surface area contributed by atoms with Gasteiger partial charge in [0, 0.05) is 6.54 Å². The van der Waals surface area contributed by atoms with Crippen LogP contribution in [0.1, 0.15) is 37.5 Å². The standard InChI is InChI=1S/C27H26N4O2/c1-19-10-6-9-15-25(19)31-20(2)23(18-29-31)27(33)30-24-14-8-7-13-22(24)26(32)28-17-16-21-11-4-3-5-12-21/h3-15,18H,16-17H2,1-2H3,(H,28,32)(H,30,33). The monoisotopic (exact) mass is 438 g/mol. The number of carbonyl (C=O) groups excluding carboxylic acids is 2. The molecular formula is C27H26N4O2. The van der Waals surface area contributed by atoms with Crippen molar-refractivity contribution in [3.8, 4) is 5.69 Å². The van der Waals surface area contributed by atoms with Gasteiger partial charge in [0.25, 0.3) is 11.8 Å². The molecule has 1 heterocycles. The molecular weight excluding hydrogens is 412 g/mol. The molecule has 0 radical (unpaired) electrons. The van der Waals surface area contributed by atoms with E-state index in [-0.39, 0.29) is 11.8 Å². The van der Waals surface area contributed by atoms with Crippen molar-refractivity contribution in [3.63, 3.8) is 0 Å². The number of carbonyl (C=O) groups is 2. The van der Waals surface area contributed by atoms with Crippen LogP contribution in [0.25, 0.3) is 5.69 Å². The van der Waals surface area contributed by atoms with Gasteiger partial charge in [0.2, 0.25) is 0 Å². The largest absolute Gasteiger partial charge is 0.352 e. The predicted molar refractivity (Wildman–Crippen MR) is 130 cm³/mol. The minimum atomic E-state index is -0.308. The first-order valence-corrected chi connectivity index (χ1v) is 10.9. The maximum Gasteiger partial charge on any atom is 0.259 e. The lowest BCUT2D eigenvalue weighted by molar-refractivity contribution is 0.0955. The molecule has 3 aromatic carbocycles. The maximum absolute atomic E-state index is 13.0. The van der Waals surface area contributed by atoms with Crippen molar-refractivity contribution in [1.82, 2.24) is 15.1 Å². The molecule has 2 N–H and O–H groups in total. The van der Waals surface area contributed by atoms with Crippen LogP contribution in [0.5, 0.6) is 0 Å². The molecule has 0 saturated heterocycles. The summed E-state index contributed by atoms with van der Waals surface area (Å²) in [5, 5.41) is 10.2. The molecule has 0 aliphatic carbocycles. The molecule has 0 fully saturated rings. The predicted octanol–water partition coefficient (Wildman–Crippen LogP) is 4.71. The zero-order valence-corrected chi connectivity index (χ0v) is 18.7. The molecule has 0 aliphatic rings. The second-order valence-corrected chi connectivity index (χ2v) is 7.83. The van der Waals surface area contributed by atoms with Crippen molar-refractivity contribution in [2.45, 2.75) is 20.3 Å². The van der Waals surface area contributed by atoms with E-state index in [4.69, 9.17) is 0 Å². The molecule has 4 aromatic rings. The van der Waals surface area contributed by atoms with Gasteiger partial charge < -0.3 is 10.6 Å². The van der Waals surface area contributed by atoms with Gasteiger partial charge in [0.1, 0.15) is 0 Å². The lowest BCUT2D eigenvalue weighted by Gasteiger charge is -2.12. The SMILES string of the molecule is Cc1ccccc1-n1ncc(C(=O)Nc2ccccc2C(=O)NCCc2ccccc2)c1C. The summed E-state index contributed by atoms with van der Waals surface area (Å²) >= 11 is 0. The van der Waals surface area contributed by atoms with Crippen molar-refractivity contribution in [2.75, 3.05) is 11.9 Å². The van der Waals surface area contributed by atoms with Gasteiger partial charge in [-0.15, -0.1) is 0 Å². The maximum atomic E-state index is 13.0. The third-order valence-corrected chi connectivity index (χ3v) is 5.56. The summed E-state index contributed by atoms with van der Waals surface area (Å²) in [6.07, 6.45) is 2.29. The molecule has 33 heavy (non-hydrogen) atoms. The number of anilines is 1. The number of hydrogen-bond donors (Lipinski definition) is 2. The highest BCUT2D eigenvalue weighted by Crippen LogP contribution is 2.20. The van der Waals surface area contributed by atoms with Crippen LogP contribution >= 0.6 is 0 Å². The van der Waals surface area contributed by atoms with Crippen LogP contribution in [0.15, 0.2) is 85.1 Å². The zero-order valence-electron chi connectivity index (χ0n) is 18.7. The summed E-state index contributed by atoms with van der Waals surface area (Å²) in [5.74, 6) is -0.536. The average Bonchev–Trinajstić information content (AvgIpc) is 3.21. The summed E-state index contributed by atoms with van der Waals surface area (Å²) in [4.78, 5) is 25.8. The Morgan fingerprint density at radius 1 is 0.818 bits per heavy atom. The van der Waals surface area contributed by atoms with Crippen molar-refractivity contribution < 1.29 is 9.59 Å².